The first-order chi connectivity index (χ1) is 15.7. The summed E-state index contributed by atoms with van der Waals surface area (Å²) in [5.74, 6) is -0.405. The third-order valence-electron chi connectivity index (χ3n) is 4.67. The number of methoxy groups -OCH3 is 1. The number of benzene rings is 1. The van der Waals surface area contributed by atoms with Gasteiger partial charge in [0.2, 0.25) is 0 Å². The van der Waals surface area contributed by atoms with E-state index in [4.69, 9.17) is 9.47 Å². The van der Waals surface area contributed by atoms with Crippen LogP contribution in [0, 0.1) is 24.0 Å². The third-order valence-corrected chi connectivity index (χ3v) is 5.52. The summed E-state index contributed by atoms with van der Waals surface area (Å²) >= 11 is 1.27. The van der Waals surface area contributed by atoms with Crippen molar-refractivity contribution in [1.29, 1.82) is 0 Å². The average Bonchev–Trinajstić information content (AvgIpc) is 3.40. The summed E-state index contributed by atoms with van der Waals surface area (Å²) in [5.41, 5.74) is 3.91. The number of nitro groups is 1. The van der Waals surface area contributed by atoms with Gasteiger partial charge in [-0.1, -0.05) is 6.07 Å². The van der Waals surface area contributed by atoms with E-state index in [9.17, 15) is 19.7 Å². The van der Waals surface area contributed by atoms with Crippen LogP contribution in [0.4, 0.5) is 5.69 Å². The zero-order valence-electron chi connectivity index (χ0n) is 18.3. The van der Waals surface area contributed by atoms with Crippen molar-refractivity contribution >= 4 is 34.6 Å². The Balaban J connectivity index is 1.69. The SMILES string of the molecule is COc1cc(/C(C)=N/NC(=O)Cn2nc(C)c([N+](=O)[O-])c2C)ccc1OC(=O)c1cccs1. The number of hydrogen-bond acceptors (Lipinski definition) is 9. The largest absolute Gasteiger partial charge is 0.493 e. The predicted octanol–water partition coefficient (Wildman–Crippen LogP) is 3.24. The quantitative estimate of drug-likeness (QED) is 0.175. The fourth-order valence-electron chi connectivity index (χ4n) is 3.01. The molecule has 12 heteroatoms. The molecule has 0 aliphatic carbocycles. The number of esters is 1. The second kappa shape index (κ2) is 10.0. The zero-order chi connectivity index (χ0) is 24.1. The molecular formula is C21H21N5O6S. The number of hydrogen-bond donors (Lipinski definition) is 1. The van der Waals surface area contributed by atoms with E-state index in [0.29, 0.717) is 21.9 Å². The maximum atomic E-state index is 12.3. The molecule has 3 rings (SSSR count). The van der Waals surface area contributed by atoms with Gasteiger partial charge in [-0.05, 0) is 50.4 Å². The topological polar surface area (TPSA) is 138 Å². The monoisotopic (exact) mass is 471 g/mol. The summed E-state index contributed by atoms with van der Waals surface area (Å²) in [6.07, 6.45) is 0. The highest BCUT2D eigenvalue weighted by Crippen LogP contribution is 2.29. The molecule has 1 amide bonds. The molecule has 2 heterocycles. The standard InChI is InChI=1S/C21H21N5O6S/c1-12(22-23-19(27)11-25-14(3)20(26(29)30)13(2)24-25)15-7-8-16(17(10-15)31-4)32-21(28)18-6-5-9-33-18/h5-10H,11H2,1-4H3,(H,23,27)/b22-12+. The minimum absolute atomic E-state index is 0.116. The lowest BCUT2D eigenvalue weighted by Gasteiger charge is -2.11. The second-order valence-electron chi connectivity index (χ2n) is 6.90. The lowest BCUT2D eigenvalue weighted by Crippen LogP contribution is -2.25. The number of hydrazone groups is 1. The fourth-order valence-corrected chi connectivity index (χ4v) is 3.61. The van der Waals surface area contributed by atoms with Crippen molar-refractivity contribution in [3.05, 3.63) is 67.7 Å². The van der Waals surface area contributed by atoms with Crippen LogP contribution in [-0.4, -0.2) is 39.4 Å². The summed E-state index contributed by atoms with van der Waals surface area (Å²) in [4.78, 5) is 35.5. The third kappa shape index (κ3) is 5.41. The Kier molecular flexibility index (Phi) is 7.18. The highest BCUT2D eigenvalue weighted by atomic mass is 32.1. The Labute approximate surface area is 192 Å². The molecule has 0 bridgehead atoms. The van der Waals surface area contributed by atoms with Gasteiger partial charge < -0.3 is 9.47 Å². The van der Waals surface area contributed by atoms with E-state index in [0.717, 1.165) is 0 Å². The summed E-state index contributed by atoms with van der Waals surface area (Å²) in [7, 11) is 1.45. The fraction of sp³-hybridized carbons (Fsp3) is 0.238. The number of aromatic nitrogens is 2. The van der Waals surface area contributed by atoms with Crippen LogP contribution >= 0.6 is 11.3 Å². The molecular weight excluding hydrogens is 450 g/mol. The maximum absolute atomic E-state index is 12.3. The van der Waals surface area contributed by atoms with Gasteiger partial charge in [0.1, 0.15) is 22.8 Å². The van der Waals surface area contributed by atoms with Gasteiger partial charge in [0.15, 0.2) is 11.5 Å². The molecule has 0 atom stereocenters. The van der Waals surface area contributed by atoms with Crippen LogP contribution in [0.5, 0.6) is 11.5 Å². The van der Waals surface area contributed by atoms with Crippen LogP contribution in [0.25, 0.3) is 0 Å². The van der Waals surface area contributed by atoms with E-state index in [-0.39, 0.29) is 29.4 Å². The van der Waals surface area contributed by atoms with E-state index in [1.54, 1.807) is 42.6 Å². The van der Waals surface area contributed by atoms with Crippen molar-refractivity contribution in [3.63, 3.8) is 0 Å². The Morgan fingerprint density at radius 2 is 2.03 bits per heavy atom. The number of amides is 1. The average molecular weight is 471 g/mol. The van der Waals surface area contributed by atoms with E-state index in [1.807, 2.05) is 0 Å². The van der Waals surface area contributed by atoms with Crippen molar-refractivity contribution in [1.82, 2.24) is 15.2 Å². The number of rotatable bonds is 8. The number of carbonyl (C=O) groups is 2. The van der Waals surface area contributed by atoms with Crippen molar-refractivity contribution in [2.75, 3.05) is 7.11 Å². The molecule has 0 saturated carbocycles. The van der Waals surface area contributed by atoms with Crippen LogP contribution in [0.1, 0.15) is 33.5 Å². The lowest BCUT2D eigenvalue weighted by molar-refractivity contribution is -0.386. The molecule has 0 spiro atoms. The van der Waals surface area contributed by atoms with Gasteiger partial charge in [-0.25, -0.2) is 10.2 Å². The van der Waals surface area contributed by atoms with E-state index >= 15 is 0 Å². The van der Waals surface area contributed by atoms with Gasteiger partial charge in [0.25, 0.3) is 5.91 Å². The number of thiophene rings is 1. The van der Waals surface area contributed by atoms with Crippen LogP contribution in [-0.2, 0) is 11.3 Å². The van der Waals surface area contributed by atoms with Gasteiger partial charge in [-0.15, -0.1) is 11.3 Å². The number of carbonyl (C=O) groups excluding carboxylic acids is 2. The minimum atomic E-state index is -0.525. The summed E-state index contributed by atoms with van der Waals surface area (Å²) < 4.78 is 12.0. The van der Waals surface area contributed by atoms with Crippen molar-refractivity contribution in [3.8, 4) is 11.5 Å². The molecule has 0 radical (unpaired) electrons. The van der Waals surface area contributed by atoms with E-state index in [2.05, 4.69) is 15.6 Å². The first-order valence-corrected chi connectivity index (χ1v) is 10.5. The highest BCUT2D eigenvalue weighted by molar-refractivity contribution is 7.12. The molecule has 33 heavy (non-hydrogen) atoms. The number of ether oxygens (including phenoxy) is 2. The normalized spacial score (nSPS) is 11.2. The van der Waals surface area contributed by atoms with Gasteiger partial charge in [-0.2, -0.15) is 10.2 Å². The Morgan fingerprint density at radius 3 is 2.64 bits per heavy atom. The zero-order valence-corrected chi connectivity index (χ0v) is 19.1. The maximum Gasteiger partial charge on any atom is 0.353 e. The molecule has 2 aromatic heterocycles. The first kappa shape index (κ1) is 23.6. The highest BCUT2D eigenvalue weighted by Gasteiger charge is 2.22. The smallest absolute Gasteiger partial charge is 0.353 e. The Bertz CT molecular complexity index is 1230. The molecule has 0 unspecified atom stereocenters. The van der Waals surface area contributed by atoms with Crippen molar-refractivity contribution < 1.29 is 24.0 Å². The minimum Gasteiger partial charge on any atom is -0.493 e. The van der Waals surface area contributed by atoms with Gasteiger partial charge >= 0.3 is 11.7 Å². The predicted molar refractivity (Wildman–Crippen MR) is 121 cm³/mol. The number of nitrogens with zero attached hydrogens (tertiary/aromatic N) is 4. The molecule has 3 aromatic rings. The second-order valence-corrected chi connectivity index (χ2v) is 7.85. The van der Waals surface area contributed by atoms with Crippen LogP contribution < -0.4 is 14.9 Å². The first-order valence-electron chi connectivity index (χ1n) is 9.67. The van der Waals surface area contributed by atoms with E-state index < -0.39 is 16.8 Å². The molecule has 0 fully saturated rings. The van der Waals surface area contributed by atoms with Gasteiger partial charge in [-0.3, -0.25) is 19.6 Å². The summed E-state index contributed by atoms with van der Waals surface area (Å²) in [6, 6.07) is 8.31. The molecule has 0 aliphatic heterocycles. The van der Waals surface area contributed by atoms with Gasteiger partial charge in [0, 0.05) is 5.56 Å². The summed E-state index contributed by atoms with van der Waals surface area (Å²) in [6.45, 7) is 4.49. The van der Waals surface area contributed by atoms with E-state index in [1.165, 1.54) is 37.0 Å². The van der Waals surface area contributed by atoms with Gasteiger partial charge in [0.05, 0.1) is 17.7 Å². The van der Waals surface area contributed by atoms with Crippen molar-refractivity contribution in [2.45, 2.75) is 27.3 Å². The summed E-state index contributed by atoms with van der Waals surface area (Å²) in [5, 5.41) is 21.0. The van der Waals surface area contributed by atoms with Crippen LogP contribution in [0.2, 0.25) is 0 Å². The Morgan fingerprint density at radius 1 is 1.27 bits per heavy atom. The number of aryl methyl sites for hydroxylation is 1. The lowest BCUT2D eigenvalue weighted by atomic mass is 10.1. The molecule has 172 valence electrons. The van der Waals surface area contributed by atoms with Crippen LogP contribution in [0.3, 0.4) is 0 Å². The molecule has 1 N–H and O–H groups in total. The van der Waals surface area contributed by atoms with Crippen molar-refractivity contribution in [2.24, 2.45) is 5.10 Å². The molecule has 11 nitrogen and oxygen atoms in total. The molecule has 1 aromatic carbocycles. The molecule has 0 aliphatic rings. The molecule has 0 saturated heterocycles. The van der Waals surface area contributed by atoms with Crippen LogP contribution in [0.15, 0.2) is 40.8 Å². The Hall–Kier alpha value is -4.06. The number of nitrogens with one attached hydrogen (secondary N) is 1.